The van der Waals surface area contributed by atoms with Crippen LogP contribution >= 0.6 is 0 Å². The Morgan fingerprint density at radius 3 is 2.64 bits per heavy atom. The van der Waals surface area contributed by atoms with E-state index in [-0.39, 0.29) is 11.8 Å². The lowest BCUT2D eigenvalue weighted by molar-refractivity contribution is -0.231. The number of nitrogens with zero attached hydrogens (tertiary/aromatic N) is 1. The third-order valence-electron chi connectivity index (χ3n) is 4.91. The van der Waals surface area contributed by atoms with Gasteiger partial charge in [0.1, 0.15) is 5.75 Å². The Kier molecular flexibility index (Phi) is 3.88. The van der Waals surface area contributed by atoms with Crippen molar-refractivity contribution in [3.63, 3.8) is 0 Å². The van der Waals surface area contributed by atoms with Crippen LogP contribution in [0, 0.1) is 11.8 Å². The van der Waals surface area contributed by atoms with Crippen molar-refractivity contribution in [1.82, 2.24) is 5.32 Å². The second-order valence-electron chi connectivity index (χ2n) is 6.34. The van der Waals surface area contributed by atoms with Crippen LogP contribution in [0.15, 0.2) is 36.4 Å². The lowest BCUT2D eigenvalue weighted by atomic mass is 9.97. The molecule has 132 valence electrons. The summed E-state index contributed by atoms with van der Waals surface area (Å²) >= 11 is 0. The van der Waals surface area contributed by atoms with Gasteiger partial charge in [-0.1, -0.05) is 12.1 Å². The molecule has 1 spiro atoms. The normalized spacial score (nSPS) is 27.0. The zero-order valence-corrected chi connectivity index (χ0v) is 13.9. The van der Waals surface area contributed by atoms with Gasteiger partial charge in [-0.3, -0.25) is 4.90 Å². The molecule has 1 aromatic rings. The van der Waals surface area contributed by atoms with E-state index in [4.69, 9.17) is 14.2 Å². The van der Waals surface area contributed by atoms with E-state index < -0.39 is 17.8 Å². The zero-order chi connectivity index (χ0) is 17.4. The molecular formula is C18H20N2O5. The molecule has 3 aliphatic heterocycles. The lowest BCUT2D eigenvalue weighted by Crippen LogP contribution is -2.55. The summed E-state index contributed by atoms with van der Waals surface area (Å²) < 4.78 is 17.1. The minimum atomic E-state index is -1.46. The molecule has 3 heterocycles. The molecule has 1 N–H and O–H groups in total. The van der Waals surface area contributed by atoms with Gasteiger partial charge in [-0.25, -0.2) is 9.59 Å². The number of carbonyl (C=O) groups is 2. The summed E-state index contributed by atoms with van der Waals surface area (Å²) in [4.78, 5) is 26.2. The van der Waals surface area contributed by atoms with E-state index in [1.54, 1.807) is 0 Å². The van der Waals surface area contributed by atoms with Crippen molar-refractivity contribution in [2.75, 3.05) is 31.1 Å². The van der Waals surface area contributed by atoms with Gasteiger partial charge in [0.15, 0.2) is 0 Å². The van der Waals surface area contributed by atoms with Crippen LogP contribution in [0.2, 0.25) is 0 Å². The zero-order valence-electron chi connectivity index (χ0n) is 13.9. The number of esters is 2. The molecule has 25 heavy (non-hydrogen) atoms. The summed E-state index contributed by atoms with van der Waals surface area (Å²) in [5, 5.41) is 3.30. The van der Waals surface area contributed by atoms with E-state index in [1.807, 2.05) is 36.1 Å². The van der Waals surface area contributed by atoms with E-state index in [9.17, 15) is 9.59 Å². The molecule has 0 amide bonds. The molecular weight excluding hydrogens is 324 g/mol. The Balaban J connectivity index is 1.81. The van der Waals surface area contributed by atoms with Crippen molar-refractivity contribution in [3.8, 4) is 5.75 Å². The molecule has 0 saturated carbocycles. The average Bonchev–Trinajstić information content (AvgIpc) is 3.12. The predicted octanol–water partition coefficient (Wildman–Crippen LogP) is 1.05. The van der Waals surface area contributed by atoms with Gasteiger partial charge in [0.05, 0.1) is 18.2 Å². The number of anilines is 1. The van der Waals surface area contributed by atoms with Gasteiger partial charge < -0.3 is 19.5 Å². The smallest absolute Gasteiger partial charge is 0.347 e. The van der Waals surface area contributed by atoms with Crippen LogP contribution < -0.4 is 15.0 Å². The highest BCUT2D eigenvalue weighted by atomic mass is 16.8. The molecule has 4 rings (SSSR count). The highest BCUT2D eigenvalue weighted by Crippen LogP contribution is 2.48. The molecule has 7 heteroatoms. The fourth-order valence-electron chi connectivity index (χ4n) is 3.91. The predicted molar refractivity (Wildman–Crippen MR) is 88.9 cm³/mol. The first-order valence-electron chi connectivity index (χ1n) is 8.48. The van der Waals surface area contributed by atoms with Gasteiger partial charge in [0, 0.05) is 37.7 Å². The first-order valence-corrected chi connectivity index (χ1v) is 8.48. The molecule has 2 saturated heterocycles. The summed E-state index contributed by atoms with van der Waals surface area (Å²) in [6, 6.07) is 7.52. The third kappa shape index (κ3) is 2.55. The van der Waals surface area contributed by atoms with Gasteiger partial charge in [0.2, 0.25) is 0 Å². The monoisotopic (exact) mass is 344 g/mol. The number of nitrogens with one attached hydrogen (secondary N) is 1. The number of fused-ring (bicyclic) bond motifs is 2. The number of para-hydroxylation sites is 2. The fraction of sp³-hybridized carbons (Fsp3) is 0.444. The quantitative estimate of drug-likeness (QED) is 0.821. The van der Waals surface area contributed by atoms with Crippen molar-refractivity contribution >= 4 is 17.6 Å². The van der Waals surface area contributed by atoms with Crippen LogP contribution in [0.3, 0.4) is 0 Å². The Labute approximate surface area is 145 Å². The first-order chi connectivity index (χ1) is 12.1. The first kappa shape index (κ1) is 16.0. The average molecular weight is 344 g/mol. The summed E-state index contributed by atoms with van der Waals surface area (Å²) in [7, 11) is 0. The standard InChI is InChI=1S/C18H20N2O5/c1-2-23-15-6-4-3-5-14(15)20-11-12-9-19-10-13(12)18(20)24-16(21)7-8-17(22)25-18/h3-8,12-13,19H,2,9-11H2,1H3. The van der Waals surface area contributed by atoms with Gasteiger partial charge in [-0.05, 0) is 19.1 Å². The van der Waals surface area contributed by atoms with Crippen LogP contribution in [-0.4, -0.2) is 44.1 Å². The maximum atomic E-state index is 12.1. The van der Waals surface area contributed by atoms with Crippen molar-refractivity contribution in [2.45, 2.75) is 12.8 Å². The lowest BCUT2D eigenvalue weighted by Gasteiger charge is -2.39. The molecule has 7 nitrogen and oxygen atoms in total. The number of ether oxygens (including phenoxy) is 3. The van der Waals surface area contributed by atoms with E-state index in [0.717, 1.165) is 24.4 Å². The molecule has 2 fully saturated rings. The third-order valence-corrected chi connectivity index (χ3v) is 4.91. The molecule has 0 aromatic heterocycles. The fourth-order valence-corrected chi connectivity index (χ4v) is 3.91. The number of hydrogen-bond donors (Lipinski definition) is 1. The minimum Gasteiger partial charge on any atom is -0.492 e. The molecule has 0 aliphatic carbocycles. The summed E-state index contributed by atoms with van der Waals surface area (Å²) in [5.74, 6) is -1.90. The van der Waals surface area contributed by atoms with Gasteiger partial charge in [-0.15, -0.1) is 0 Å². The molecule has 1 aromatic carbocycles. The van der Waals surface area contributed by atoms with E-state index in [2.05, 4.69) is 5.32 Å². The van der Waals surface area contributed by atoms with Crippen molar-refractivity contribution in [1.29, 1.82) is 0 Å². The Hall–Kier alpha value is -2.54. The Morgan fingerprint density at radius 2 is 1.92 bits per heavy atom. The van der Waals surface area contributed by atoms with Crippen LogP contribution in [0.5, 0.6) is 5.75 Å². The largest absolute Gasteiger partial charge is 0.492 e. The SMILES string of the molecule is CCOc1ccccc1N1CC2CNCC2C12OC(=O)C=CC(=O)O2. The van der Waals surface area contributed by atoms with E-state index in [0.29, 0.717) is 25.4 Å². The van der Waals surface area contributed by atoms with Crippen LogP contribution in [0.1, 0.15) is 6.92 Å². The number of carbonyl (C=O) groups excluding carboxylic acids is 2. The Bertz CT molecular complexity index is 712. The van der Waals surface area contributed by atoms with E-state index in [1.165, 1.54) is 0 Å². The summed E-state index contributed by atoms with van der Waals surface area (Å²) in [6.45, 7) is 4.40. The topological polar surface area (TPSA) is 77.1 Å². The van der Waals surface area contributed by atoms with E-state index >= 15 is 0 Å². The highest BCUT2D eigenvalue weighted by molar-refractivity contribution is 5.93. The number of benzene rings is 1. The maximum Gasteiger partial charge on any atom is 0.347 e. The molecule has 3 aliphatic rings. The van der Waals surface area contributed by atoms with Crippen molar-refractivity contribution < 1.29 is 23.8 Å². The number of rotatable bonds is 3. The van der Waals surface area contributed by atoms with Gasteiger partial charge >= 0.3 is 17.8 Å². The van der Waals surface area contributed by atoms with Gasteiger partial charge in [-0.2, -0.15) is 0 Å². The second kappa shape index (κ2) is 6.07. The minimum absolute atomic E-state index is 0.144. The van der Waals surface area contributed by atoms with Crippen molar-refractivity contribution in [3.05, 3.63) is 36.4 Å². The molecule has 2 unspecified atom stereocenters. The summed E-state index contributed by atoms with van der Waals surface area (Å²) in [6.07, 6.45) is 2.22. The van der Waals surface area contributed by atoms with Crippen LogP contribution in [0.4, 0.5) is 5.69 Å². The second-order valence-corrected chi connectivity index (χ2v) is 6.34. The maximum absolute atomic E-state index is 12.1. The summed E-state index contributed by atoms with van der Waals surface area (Å²) in [5.41, 5.74) is 0.751. The van der Waals surface area contributed by atoms with Gasteiger partial charge in [0.25, 0.3) is 0 Å². The Morgan fingerprint density at radius 1 is 1.20 bits per heavy atom. The van der Waals surface area contributed by atoms with Crippen LogP contribution in [-0.2, 0) is 19.1 Å². The molecule has 0 radical (unpaired) electrons. The highest BCUT2D eigenvalue weighted by Gasteiger charge is 2.62. The number of hydrogen-bond acceptors (Lipinski definition) is 7. The van der Waals surface area contributed by atoms with Crippen LogP contribution in [0.25, 0.3) is 0 Å². The molecule has 0 bridgehead atoms. The van der Waals surface area contributed by atoms with Crippen molar-refractivity contribution in [2.24, 2.45) is 11.8 Å². The molecule has 2 atom stereocenters.